The summed E-state index contributed by atoms with van der Waals surface area (Å²) in [4.78, 5) is 13.3. The van der Waals surface area contributed by atoms with Crippen LogP contribution in [0.5, 0.6) is 0 Å². The van der Waals surface area contributed by atoms with Gasteiger partial charge in [-0.1, -0.05) is 32.9 Å². The fourth-order valence-corrected chi connectivity index (χ4v) is 2.72. The van der Waals surface area contributed by atoms with Crippen molar-refractivity contribution in [3.8, 4) is 0 Å². The molecule has 0 saturated carbocycles. The van der Waals surface area contributed by atoms with Gasteiger partial charge in [0.1, 0.15) is 0 Å². The van der Waals surface area contributed by atoms with Crippen molar-refractivity contribution in [3.63, 3.8) is 0 Å². The molecule has 1 aliphatic heterocycles. The van der Waals surface area contributed by atoms with Gasteiger partial charge in [-0.05, 0) is 42.0 Å². The number of benzene rings is 1. The van der Waals surface area contributed by atoms with Gasteiger partial charge in [0, 0.05) is 13.1 Å². The van der Waals surface area contributed by atoms with Crippen LogP contribution in [0.1, 0.15) is 43.1 Å². The Labute approximate surface area is 115 Å². The van der Waals surface area contributed by atoms with Gasteiger partial charge < -0.3 is 5.11 Å². The standard InChI is InChI=1S/C16H23NO2/c1-12-8-9-17(11-16(12,2)3)10-13-4-6-14(7-5-13)15(18)19/h4-7,12H,8-11H2,1-3H3,(H,18,19). The van der Waals surface area contributed by atoms with Gasteiger partial charge in [-0.15, -0.1) is 0 Å². The van der Waals surface area contributed by atoms with E-state index in [4.69, 9.17) is 5.11 Å². The minimum Gasteiger partial charge on any atom is -0.478 e. The minimum absolute atomic E-state index is 0.358. The number of hydrogen-bond donors (Lipinski definition) is 1. The summed E-state index contributed by atoms with van der Waals surface area (Å²) in [5, 5.41) is 8.88. The molecule has 19 heavy (non-hydrogen) atoms. The Balaban J connectivity index is 2.00. The lowest BCUT2D eigenvalue weighted by molar-refractivity contribution is 0.0599. The predicted molar refractivity (Wildman–Crippen MR) is 76.2 cm³/mol. The third-order valence-electron chi connectivity index (χ3n) is 4.45. The van der Waals surface area contributed by atoms with Crippen LogP contribution < -0.4 is 0 Å². The molecule has 1 aromatic rings. The van der Waals surface area contributed by atoms with Crippen LogP contribution in [-0.4, -0.2) is 29.1 Å². The Bertz CT molecular complexity index is 450. The number of carboxylic acid groups (broad SMARTS) is 1. The monoisotopic (exact) mass is 261 g/mol. The lowest BCUT2D eigenvalue weighted by Crippen LogP contribution is -2.44. The molecule has 1 unspecified atom stereocenters. The molecule has 2 rings (SSSR count). The highest BCUT2D eigenvalue weighted by molar-refractivity contribution is 5.87. The van der Waals surface area contributed by atoms with E-state index in [9.17, 15) is 4.79 Å². The highest BCUT2D eigenvalue weighted by Crippen LogP contribution is 2.34. The molecule has 0 aliphatic carbocycles. The van der Waals surface area contributed by atoms with Crippen LogP contribution in [0.25, 0.3) is 0 Å². The molecular formula is C16H23NO2. The van der Waals surface area contributed by atoms with E-state index in [2.05, 4.69) is 25.7 Å². The number of aromatic carboxylic acids is 1. The van der Waals surface area contributed by atoms with Gasteiger partial charge >= 0.3 is 5.97 Å². The lowest BCUT2D eigenvalue weighted by atomic mass is 9.75. The number of piperidine rings is 1. The zero-order valence-electron chi connectivity index (χ0n) is 12.0. The average molecular weight is 261 g/mol. The summed E-state index contributed by atoms with van der Waals surface area (Å²) in [5.74, 6) is -0.0994. The van der Waals surface area contributed by atoms with Crippen LogP contribution in [0.15, 0.2) is 24.3 Å². The predicted octanol–water partition coefficient (Wildman–Crippen LogP) is 3.25. The quantitative estimate of drug-likeness (QED) is 0.908. The first-order chi connectivity index (χ1) is 8.88. The summed E-state index contributed by atoms with van der Waals surface area (Å²) in [6, 6.07) is 7.23. The molecule has 104 valence electrons. The van der Waals surface area contributed by atoms with E-state index in [0.29, 0.717) is 11.0 Å². The second kappa shape index (κ2) is 5.33. The van der Waals surface area contributed by atoms with Gasteiger partial charge in [0.25, 0.3) is 0 Å². The van der Waals surface area contributed by atoms with Crippen molar-refractivity contribution in [2.24, 2.45) is 11.3 Å². The van der Waals surface area contributed by atoms with Crippen molar-refractivity contribution in [3.05, 3.63) is 35.4 Å². The number of carbonyl (C=O) groups is 1. The van der Waals surface area contributed by atoms with Crippen LogP contribution >= 0.6 is 0 Å². The van der Waals surface area contributed by atoms with Crippen LogP contribution in [0, 0.1) is 11.3 Å². The molecule has 0 amide bonds. The topological polar surface area (TPSA) is 40.5 Å². The minimum atomic E-state index is -0.862. The largest absolute Gasteiger partial charge is 0.478 e. The zero-order chi connectivity index (χ0) is 14.0. The molecular weight excluding hydrogens is 238 g/mol. The molecule has 0 bridgehead atoms. The molecule has 1 fully saturated rings. The first kappa shape index (κ1) is 14.1. The molecule has 1 atom stereocenters. The van der Waals surface area contributed by atoms with Crippen LogP contribution in [0.3, 0.4) is 0 Å². The molecule has 1 heterocycles. The van der Waals surface area contributed by atoms with Crippen molar-refractivity contribution in [1.82, 2.24) is 4.90 Å². The van der Waals surface area contributed by atoms with Gasteiger partial charge in [0.05, 0.1) is 5.56 Å². The fraction of sp³-hybridized carbons (Fsp3) is 0.562. The molecule has 0 radical (unpaired) electrons. The SMILES string of the molecule is CC1CCN(Cc2ccc(C(=O)O)cc2)CC1(C)C. The summed E-state index contributed by atoms with van der Waals surface area (Å²) in [7, 11) is 0. The first-order valence-corrected chi connectivity index (χ1v) is 6.93. The Morgan fingerprint density at radius 3 is 2.53 bits per heavy atom. The van der Waals surface area contributed by atoms with E-state index in [1.54, 1.807) is 12.1 Å². The summed E-state index contributed by atoms with van der Waals surface area (Å²) < 4.78 is 0. The van der Waals surface area contributed by atoms with Gasteiger partial charge in [-0.25, -0.2) is 4.79 Å². The third-order valence-corrected chi connectivity index (χ3v) is 4.45. The number of rotatable bonds is 3. The van der Waals surface area contributed by atoms with Gasteiger partial charge in [0.15, 0.2) is 0 Å². The Hall–Kier alpha value is -1.35. The van der Waals surface area contributed by atoms with E-state index >= 15 is 0 Å². The van der Waals surface area contributed by atoms with E-state index in [-0.39, 0.29) is 0 Å². The normalized spacial score (nSPS) is 23.2. The summed E-state index contributed by atoms with van der Waals surface area (Å²) in [5.41, 5.74) is 1.91. The van der Waals surface area contributed by atoms with Crippen molar-refractivity contribution >= 4 is 5.97 Å². The summed E-state index contributed by atoms with van der Waals surface area (Å²) in [6.45, 7) is 10.1. The second-order valence-corrected chi connectivity index (χ2v) is 6.39. The van der Waals surface area contributed by atoms with Gasteiger partial charge in [-0.3, -0.25) is 4.90 Å². The average Bonchev–Trinajstić information content (AvgIpc) is 2.34. The molecule has 1 N–H and O–H groups in total. The maximum Gasteiger partial charge on any atom is 0.335 e. The smallest absolute Gasteiger partial charge is 0.335 e. The Kier molecular flexibility index (Phi) is 3.95. The maximum atomic E-state index is 10.8. The van der Waals surface area contributed by atoms with Crippen molar-refractivity contribution < 1.29 is 9.90 Å². The Morgan fingerprint density at radius 1 is 1.37 bits per heavy atom. The van der Waals surface area contributed by atoms with Gasteiger partial charge in [0.2, 0.25) is 0 Å². The molecule has 0 spiro atoms. The van der Waals surface area contributed by atoms with Crippen molar-refractivity contribution in [2.45, 2.75) is 33.7 Å². The van der Waals surface area contributed by atoms with Crippen LogP contribution in [-0.2, 0) is 6.54 Å². The summed E-state index contributed by atoms with van der Waals surface area (Å²) >= 11 is 0. The Morgan fingerprint density at radius 2 is 2.00 bits per heavy atom. The van der Waals surface area contributed by atoms with E-state index in [1.807, 2.05) is 12.1 Å². The molecule has 3 nitrogen and oxygen atoms in total. The lowest BCUT2D eigenvalue weighted by Gasteiger charge is -2.43. The molecule has 1 aromatic carbocycles. The molecule has 1 aliphatic rings. The van der Waals surface area contributed by atoms with Crippen molar-refractivity contribution in [1.29, 1.82) is 0 Å². The number of hydrogen-bond acceptors (Lipinski definition) is 2. The number of carboxylic acids is 1. The fourth-order valence-electron chi connectivity index (χ4n) is 2.72. The van der Waals surface area contributed by atoms with Crippen LogP contribution in [0.4, 0.5) is 0 Å². The van der Waals surface area contributed by atoms with Crippen LogP contribution in [0.2, 0.25) is 0 Å². The van der Waals surface area contributed by atoms with E-state index in [1.165, 1.54) is 12.0 Å². The first-order valence-electron chi connectivity index (χ1n) is 6.93. The van der Waals surface area contributed by atoms with Gasteiger partial charge in [-0.2, -0.15) is 0 Å². The molecule has 1 saturated heterocycles. The number of nitrogens with zero attached hydrogens (tertiary/aromatic N) is 1. The van der Waals surface area contributed by atoms with E-state index < -0.39 is 5.97 Å². The second-order valence-electron chi connectivity index (χ2n) is 6.39. The summed E-state index contributed by atoms with van der Waals surface area (Å²) in [6.07, 6.45) is 1.24. The maximum absolute atomic E-state index is 10.8. The number of likely N-dealkylation sites (tertiary alicyclic amines) is 1. The molecule has 3 heteroatoms. The third kappa shape index (κ3) is 3.35. The van der Waals surface area contributed by atoms with Crippen molar-refractivity contribution in [2.75, 3.05) is 13.1 Å². The zero-order valence-corrected chi connectivity index (χ0v) is 12.0. The highest BCUT2D eigenvalue weighted by atomic mass is 16.4. The molecule has 0 aromatic heterocycles. The van der Waals surface area contributed by atoms with E-state index in [0.717, 1.165) is 25.6 Å². The highest BCUT2D eigenvalue weighted by Gasteiger charge is 2.32.